The van der Waals surface area contributed by atoms with Gasteiger partial charge < -0.3 is 9.55 Å². The highest BCUT2D eigenvalue weighted by Gasteiger charge is 2.26. The lowest BCUT2D eigenvalue weighted by Crippen LogP contribution is -2.20. The van der Waals surface area contributed by atoms with E-state index in [9.17, 15) is 4.21 Å². The molecule has 0 unspecified atom stereocenters. The molecule has 0 spiro atoms. The Kier molecular flexibility index (Phi) is 4.64. The average molecular weight is 385 g/mol. The molecule has 0 amide bonds. The van der Waals surface area contributed by atoms with Crippen molar-refractivity contribution in [1.82, 2.24) is 19.5 Å². The number of H-pyrrole nitrogens is 1. The molecule has 0 aliphatic heterocycles. The molecule has 3 aromatic heterocycles. The summed E-state index contributed by atoms with van der Waals surface area (Å²) in [6.07, 6.45) is 11.8. The smallest absolute Gasteiger partial charge is 0.139 e. The molecule has 3 aromatic rings. The number of nitriles is 1. The van der Waals surface area contributed by atoms with Crippen molar-refractivity contribution in [1.29, 1.82) is 5.26 Å². The quantitative estimate of drug-likeness (QED) is 0.739. The first-order chi connectivity index (χ1) is 13.0. The van der Waals surface area contributed by atoms with E-state index in [1.165, 1.54) is 0 Å². The molecule has 7 nitrogen and oxygen atoms in total. The molecule has 1 saturated carbocycles. The molecule has 1 aliphatic rings. The topological polar surface area (TPSA) is 99.7 Å². The average Bonchev–Trinajstić information content (AvgIpc) is 3.24. The van der Waals surface area contributed by atoms with Crippen LogP contribution in [0, 0.1) is 17.2 Å². The minimum atomic E-state index is -2.19. The van der Waals surface area contributed by atoms with Crippen molar-refractivity contribution < 1.29 is 4.21 Å². The van der Waals surface area contributed by atoms with Gasteiger partial charge in [-0.05, 0) is 37.7 Å². The Labute approximate surface area is 159 Å². The highest BCUT2D eigenvalue weighted by atomic mass is 32.2. The number of imidazole rings is 1. The van der Waals surface area contributed by atoms with Crippen LogP contribution in [0.1, 0.15) is 44.0 Å². The zero-order chi connectivity index (χ0) is 19.0. The summed E-state index contributed by atoms with van der Waals surface area (Å²) in [5.74, 6) is 1.34. The number of aromatic amines is 1. The Morgan fingerprint density at radius 1 is 1.37 bits per heavy atom. The van der Waals surface area contributed by atoms with E-state index in [0.29, 0.717) is 24.9 Å². The molecular weight excluding hydrogens is 360 g/mol. The number of fused-ring (bicyclic) bond motifs is 3. The van der Waals surface area contributed by atoms with Crippen LogP contribution in [0.15, 0.2) is 22.8 Å². The van der Waals surface area contributed by atoms with Crippen LogP contribution < -0.4 is 0 Å². The van der Waals surface area contributed by atoms with Crippen molar-refractivity contribution in [2.75, 3.05) is 12.5 Å². The molecule has 1 fully saturated rings. The number of aromatic nitrogens is 4. The summed E-state index contributed by atoms with van der Waals surface area (Å²) in [6.45, 7) is 0.338. The Morgan fingerprint density at radius 2 is 2.15 bits per heavy atom. The molecule has 0 saturated heterocycles. The highest BCUT2D eigenvalue weighted by molar-refractivity contribution is 7.92. The number of hydrogen-bond acceptors (Lipinski definition) is 5. The molecule has 4 rings (SSSR count). The zero-order valence-corrected chi connectivity index (χ0v) is 16.5. The van der Waals surface area contributed by atoms with Gasteiger partial charge in [-0.2, -0.15) is 5.26 Å². The summed E-state index contributed by atoms with van der Waals surface area (Å²) >= 11 is 0. The first kappa shape index (κ1) is 18.0. The van der Waals surface area contributed by atoms with Crippen molar-refractivity contribution in [2.45, 2.75) is 44.7 Å². The fourth-order valence-corrected chi connectivity index (χ4v) is 4.52. The maximum absolute atomic E-state index is 12.1. The Balaban J connectivity index is 1.81. The first-order valence-corrected chi connectivity index (χ1v) is 11.6. The third kappa shape index (κ3) is 3.56. The van der Waals surface area contributed by atoms with E-state index in [2.05, 4.69) is 25.0 Å². The Hall–Kier alpha value is -2.40. The van der Waals surface area contributed by atoms with Gasteiger partial charge >= 0.3 is 0 Å². The maximum Gasteiger partial charge on any atom is 0.139 e. The van der Waals surface area contributed by atoms with E-state index < -0.39 is 9.73 Å². The van der Waals surface area contributed by atoms with E-state index in [1.807, 2.05) is 12.3 Å². The van der Waals surface area contributed by atoms with Crippen molar-refractivity contribution >= 4 is 31.8 Å². The maximum atomic E-state index is 12.1. The summed E-state index contributed by atoms with van der Waals surface area (Å²) in [5.41, 5.74) is 2.78. The van der Waals surface area contributed by atoms with Gasteiger partial charge in [0.05, 0.1) is 17.8 Å². The standard InChI is InChI=1S/C19H24N6OS/c1-27(2,26)23-12-17-24-16-11-22-19-15(8-10-21-19)18(16)25(17)14-5-3-13(4-6-14)7-9-20/h8,10-11,13-14H,3-7,12H2,1-2H3,(H,21,22). The van der Waals surface area contributed by atoms with Crippen LogP contribution in [-0.2, 0) is 16.3 Å². The van der Waals surface area contributed by atoms with Crippen LogP contribution in [0.2, 0.25) is 0 Å². The number of rotatable bonds is 4. The fraction of sp³-hybridized carbons (Fsp3) is 0.526. The van der Waals surface area contributed by atoms with E-state index in [-0.39, 0.29) is 0 Å². The van der Waals surface area contributed by atoms with Crippen molar-refractivity contribution in [3.8, 4) is 6.07 Å². The zero-order valence-electron chi connectivity index (χ0n) is 15.7. The molecule has 8 heteroatoms. The number of nitrogens with zero attached hydrogens (tertiary/aromatic N) is 5. The molecule has 142 valence electrons. The van der Waals surface area contributed by atoms with Gasteiger partial charge in [0.25, 0.3) is 0 Å². The summed E-state index contributed by atoms with van der Waals surface area (Å²) in [7, 11) is -2.19. The lowest BCUT2D eigenvalue weighted by Gasteiger charge is -2.29. The molecule has 0 atom stereocenters. The third-order valence-corrected chi connectivity index (χ3v) is 6.14. The number of hydrogen-bond donors (Lipinski definition) is 1. The van der Waals surface area contributed by atoms with Crippen molar-refractivity contribution in [3.63, 3.8) is 0 Å². The lowest BCUT2D eigenvalue weighted by molar-refractivity contribution is 0.278. The van der Waals surface area contributed by atoms with E-state index in [1.54, 1.807) is 18.7 Å². The van der Waals surface area contributed by atoms with Gasteiger partial charge in [-0.3, -0.25) is 4.21 Å². The molecular formula is C19H24N6OS. The first-order valence-electron chi connectivity index (χ1n) is 9.29. The summed E-state index contributed by atoms with van der Waals surface area (Å²) in [5, 5.41) is 10.0. The number of pyridine rings is 1. The van der Waals surface area contributed by atoms with Crippen molar-refractivity contribution in [3.05, 3.63) is 24.3 Å². The molecule has 0 bridgehead atoms. The van der Waals surface area contributed by atoms with Crippen LogP contribution >= 0.6 is 0 Å². The summed E-state index contributed by atoms with van der Waals surface area (Å²) < 4.78 is 18.8. The SMILES string of the molecule is CS(C)(=O)=NCc1nc2cnc3[nH]ccc3c2n1C1CCC(CC#N)CC1. The fourth-order valence-electron chi connectivity index (χ4n) is 4.09. The van der Waals surface area contributed by atoms with Crippen LogP contribution in [0.4, 0.5) is 0 Å². The van der Waals surface area contributed by atoms with Gasteiger partial charge in [-0.25, -0.2) is 14.3 Å². The minimum Gasteiger partial charge on any atom is -0.346 e. The predicted octanol–water partition coefficient (Wildman–Crippen LogP) is 3.79. The second-order valence-corrected chi connectivity index (χ2v) is 10.3. The molecule has 3 heterocycles. The van der Waals surface area contributed by atoms with Crippen LogP contribution in [0.5, 0.6) is 0 Å². The molecule has 1 aliphatic carbocycles. The van der Waals surface area contributed by atoms with Gasteiger partial charge in [0.1, 0.15) is 23.5 Å². The predicted molar refractivity (Wildman–Crippen MR) is 107 cm³/mol. The Morgan fingerprint density at radius 3 is 2.85 bits per heavy atom. The van der Waals surface area contributed by atoms with Crippen molar-refractivity contribution in [2.24, 2.45) is 10.3 Å². The molecule has 1 N–H and O–H groups in total. The van der Waals surface area contributed by atoms with Crippen LogP contribution in [-0.4, -0.2) is 36.2 Å². The van der Waals surface area contributed by atoms with E-state index in [4.69, 9.17) is 10.2 Å². The van der Waals surface area contributed by atoms with E-state index in [0.717, 1.165) is 53.6 Å². The van der Waals surface area contributed by atoms with Gasteiger partial charge in [-0.1, -0.05) is 0 Å². The van der Waals surface area contributed by atoms with Gasteiger partial charge in [0, 0.05) is 46.3 Å². The summed E-state index contributed by atoms with van der Waals surface area (Å²) in [4.78, 5) is 12.4. The Bertz CT molecular complexity index is 1130. The normalized spacial score (nSPS) is 20.8. The number of nitrogens with one attached hydrogen (secondary N) is 1. The third-order valence-electron chi connectivity index (χ3n) is 5.39. The monoisotopic (exact) mass is 384 g/mol. The molecule has 0 radical (unpaired) electrons. The molecule has 27 heavy (non-hydrogen) atoms. The summed E-state index contributed by atoms with van der Waals surface area (Å²) in [6, 6.07) is 4.66. The van der Waals surface area contributed by atoms with Crippen LogP contribution in [0.3, 0.4) is 0 Å². The van der Waals surface area contributed by atoms with E-state index >= 15 is 0 Å². The van der Waals surface area contributed by atoms with Crippen LogP contribution in [0.25, 0.3) is 22.1 Å². The second kappa shape index (κ2) is 6.97. The van der Waals surface area contributed by atoms with Gasteiger partial charge in [0.15, 0.2) is 0 Å². The lowest BCUT2D eigenvalue weighted by atomic mass is 9.84. The van der Waals surface area contributed by atoms with Gasteiger partial charge in [0.2, 0.25) is 0 Å². The largest absolute Gasteiger partial charge is 0.346 e. The minimum absolute atomic E-state index is 0.320. The van der Waals surface area contributed by atoms with Gasteiger partial charge in [-0.15, -0.1) is 0 Å². The highest BCUT2D eigenvalue weighted by Crippen LogP contribution is 2.38. The molecule has 0 aromatic carbocycles. The second-order valence-electron chi connectivity index (χ2n) is 7.64.